The molecule has 1 N–H and O–H groups in total. The number of unbranched alkanes of at least 4 members (excludes halogenated alkanes) is 8. The molecule has 0 saturated heterocycles. The summed E-state index contributed by atoms with van der Waals surface area (Å²) in [4.78, 5) is -2.05. The smallest absolute Gasteiger partial charge is 0.746 e. The van der Waals surface area contributed by atoms with E-state index in [0.29, 0.717) is 12.8 Å². The zero-order chi connectivity index (χ0) is 15.5. The van der Waals surface area contributed by atoms with Crippen LogP contribution in [-0.2, 0) is 10.1 Å². The van der Waals surface area contributed by atoms with Crippen LogP contribution in [0.2, 0.25) is 0 Å². The predicted octanol–water partition coefficient (Wildman–Crippen LogP) is 0.945. The fraction of sp³-hybridized carbons (Fsp3) is 1.00. The summed E-state index contributed by atoms with van der Waals surface area (Å²) >= 11 is 0. The molecule has 0 rings (SSSR count). The molecule has 0 aliphatic carbocycles. The van der Waals surface area contributed by atoms with Crippen LogP contribution in [0.1, 0.15) is 90.9 Å². The Morgan fingerprint density at radius 1 is 0.810 bits per heavy atom. The second-order valence-corrected chi connectivity index (χ2v) is 7.40. The number of aliphatic hydroxyl groups is 1. The van der Waals surface area contributed by atoms with Gasteiger partial charge in [0.05, 0.1) is 0 Å². The van der Waals surface area contributed by atoms with E-state index in [4.69, 9.17) is 0 Å². The largest absolute Gasteiger partial charge is 1.00 e. The van der Waals surface area contributed by atoms with E-state index in [0.717, 1.165) is 25.7 Å². The molecule has 1 unspecified atom stereocenters. The number of hydrogen-bond acceptors (Lipinski definition) is 4. The van der Waals surface area contributed by atoms with Crippen LogP contribution in [-0.4, -0.2) is 23.0 Å². The Labute approximate surface area is 173 Å². The molecule has 0 aromatic carbocycles. The van der Waals surface area contributed by atoms with Gasteiger partial charge in [-0.3, -0.25) is 0 Å². The molecule has 122 valence electrons. The summed E-state index contributed by atoms with van der Waals surface area (Å²) in [6, 6.07) is 0. The molecule has 0 heterocycles. The van der Waals surface area contributed by atoms with Gasteiger partial charge in [0.15, 0.2) is 4.93 Å². The van der Waals surface area contributed by atoms with Gasteiger partial charge >= 0.3 is 51.4 Å². The first-order valence-electron chi connectivity index (χ1n) is 8.05. The van der Waals surface area contributed by atoms with Gasteiger partial charge in [-0.05, 0) is 25.7 Å². The molecule has 4 nitrogen and oxygen atoms in total. The van der Waals surface area contributed by atoms with Crippen LogP contribution in [0.3, 0.4) is 0 Å². The summed E-state index contributed by atoms with van der Waals surface area (Å²) in [6.45, 7) is 4.09. The minimum Gasteiger partial charge on any atom is -0.746 e. The molecule has 0 bridgehead atoms. The Morgan fingerprint density at radius 2 is 1.19 bits per heavy atom. The average Bonchev–Trinajstić information content (AvgIpc) is 2.38. The Kier molecular flexibility index (Phi) is 16.4. The summed E-state index contributed by atoms with van der Waals surface area (Å²) in [6.07, 6.45) is 10.1. The second-order valence-electron chi connectivity index (χ2n) is 5.73. The quantitative estimate of drug-likeness (QED) is 0.306. The minimum absolute atomic E-state index is 0. The van der Waals surface area contributed by atoms with Crippen LogP contribution in [0.5, 0.6) is 0 Å². The Balaban J connectivity index is 0. The van der Waals surface area contributed by atoms with Gasteiger partial charge in [-0.25, -0.2) is 8.42 Å². The van der Waals surface area contributed by atoms with E-state index in [-0.39, 0.29) is 64.2 Å². The van der Waals surface area contributed by atoms with Crippen molar-refractivity contribution >= 4 is 10.1 Å². The summed E-state index contributed by atoms with van der Waals surface area (Å²) in [5.41, 5.74) is 0. The fourth-order valence-electron chi connectivity index (χ4n) is 2.36. The standard InChI is InChI=1S/C15H32O4S.K/c1-3-5-7-8-9-10-11-12-14-15(16,13-6-4-2)20(17,18)19;/h16H,3-14H2,1-2H3,(H,17,18,19);/q;+1/p-1. The predicted molar refractivity (Wildman–Crippen MR) is 81.4 cm³/mol. The summed E-state index contributed by atoms with van der Waals surface area (Å²) in [5, 5.41) is 10.1. The van der Waals surface area contributed by atoms with E-state index >= 15 is 0 Å². The molecular weight excluding hydrogens is 315 g/mol. The zero-order valence-corrected chi connectivity index (χ0v) is 18.0. The van der Waals surface area contributed by atoms with Crippen LogP contribution < -0.4 is 51.4 Å². The summed E-state index contributed by atoms with van der Waals surface area (Å²) in [5.74, 6) is 0. The van der Waals surface area contributed by atoms with Crippen molar-refractivity contribution in [2.24, 2.45) is 0 Å². The Bertz CT molecular complexity index is 333. The number of hydrogen-bond donors (Lipinski definition) is 1. The van der Waals surface area contributed by atoms with Gasteiger partial charge < -0.3 is 9.66 Å². The molecule has 0 aliphatic heterocycles. The van der Waals surface area contributed by atoms with E-state index in [1.165, 1.54) is 25.7 Å². The summed E-state index contributed by atoms with van der Waals surface area (Å²) in [7, 11) is -4.64. The molecule has 0 aliphatic rings. The van der Waals surface area contributed by atoms with Crippen molar-refractivity contribution in [1.29, 1.82) is 0 Å². The maximum absolute atomic E-state index is 11.2. The fourth-order valence-corrected chi connectivity index (χ4v) is 3.15. The first-order valence-corrected chi connectivity index (χ1v) is 9.46. The van der Waals surface area contributed by atoms with Gasteiger partial charge in [0, 0.05) is 0 Å². The van der Waals surface area contributed by atoms with Crippen molar-refractivity contribution in [3.63, 3.8) is 0 Å². The summed E-state index contributed by atoms with van der Waals surface area (Å²) < 4.78 is 33.6. The molecule has 0 saturated carbocycles. The molecule has 0 fully saturated rings. The molecule has 1 atom stereocenters. The van der Waals surface area contributed by atoms with E-state index < -0.39 is 15.1 Å². The third-order valence-electron chi connectivity index (χ3n) is 3.81. The van der Waals surface area contributed by atoms with Crippen molar-refractivity contribution in [3.8, 4) is 0 Å². The first-order chi connectivity index (χ1) is 9.37. The van der Waals surface area contributed by atoms with Gasteiger partial charge in [0.1, 0.15) is 10.1 Å². The van der Waals surface area contributed by atoms with Gasteiger partial charge in [-0.2, -0.15) is 0 Å². The van der Waals surface area contributed by atoms with Gasteiger partial charge in [0.2, 0.25) is 0 Å². The van der Waals surface area contributed by atoms with Crippen molar-refractivity contribution < 1.29 is 69.5 Å². The van der Waals surface area contributed by atoms with E-state index in [9.17, 15) is 18.1 Å². The van der Waals surface area contributed by atoms with Crippen LogP contribution in [0.25, 0.3) is 0 Å². The molecular formula is C15H31KO4S. The molecule has 6 heteroatoms. The van der Waals surface area contributed by atoms with Crippen LogP contribution >= 0.6 is 0 Å². The topological polar surface area (TPSA) is 77.4 Å². The minimum atomic E-state index is -4.64. The van der Waals surface area contributed by atoms with Gasteiger partial charge in [-0.1, -0.05) is 65.2 Å². The van der Waals surface area contributed by atoms with Crippen LogP contribution in [0, 0.1) is 0 Å². The molecule has 0 radical (unpaired) electrons. The third kappa shape index (κ3) is 11.6. The van der Waals surface area contributed by atoms with Gasteiger partial charge in [-0.15, -0.1) is 0 Å². The first kappa shape index (κ1) is 24.8. The SMILES string of the molecule is CCCCCCCCCCC(O)(CCCC)S(=O)(=O)[O-].[K+]. The third-order valence-corrected chi connectivity index (χ3v) is 5.15. The maximum atomic E-state index is 11.2. The van der Waals surface area contributed by atoms with Crippen molar-refractivity contribution in [3.05, 3.63) is 0 Å². The molecule has 21 heavy (non-hydrogen) atoms. The Hall–Kier alpha value is 1.51. The maximum Gasteiger partial charge on any atom is 1.00 e. The average molecular weight is 347 g/mol. The monoisotopic (exact) mass is 346 g/mol. The van der Waals surface area contributed by atoms with Gasteiger partial charge in [0.25, 0.3) is 0 Å². The van der Waals surface area contributed by atoms with Crippen molar-refractivity contribution in [1.82, 2.24) is 0 Å². The van der Waals surface area contributed by atoms with Crippen molar-refractivity contribution in [2.45, 2.75) is 95.8 Å². The molecule has 0 spiro atoms. The molecule has 0 aromatic heterocycles. The molecule has 0 aromatic rings. The second kappa shape index (κ2) is 13.9. The van der Waals surface area contributed by atoms with E-state index in [2.05, 4.69) is 6.92 Å². The van der Waals surface area contributed by atoms with E-state index in [1.807, 2.05) is 6.92 Å². The van der Waals surface area contributed by atoms with Crippen LogP contribution in [0.15, 0.2) is 0 Å². The van der Waals surface area contributed by atoms with Crippen LogP contribution in [0.4, 0.5) is 0 Å². The van der Waals surface area contributed by atoms with E-state index in [1.54, 1.807) is 0 Å². The zero-order valence-electron chi connectivity index (χ0n) is 14.1. The molecule has 0 amide bonds. The number of rotatable bonds is 13. The Morgan fingerprint density at radius 3 is 1.62 bits per heavy atom. The normalized spacial score (nSPS) is 14.5. The van der Waals surface area contributed by atoms with Crippen molar-refractivity contribution in [2.75, 3.05) is 0 Å².